The second-order valence-corrected chi connectivity index (χ2v) is 10.4. The third-order valence-electron chi connectivity index (χ3n) is 6.37. The monoisotopic (exact) mass is 448 g/mol. The number of hydrogen-bond donors (Lipinski definition) is 1. The third kappa shape index (κ3) is 5.18. The topological polar surface area (TPSA) is 58.6 Å². The second kappa shape index (κ2) is 9.54. The summed E-state index contributed by atoms with van der Waals surface area (Å²) < 4.78 is 71.6. The van der Waals surface area contributed by atoms with Crippen LogP contribution in [0.5, 0.6) is 0 Å². The molecule has 170 valence electrons. The van der Waals surface area contributed by atoms with Crippen LogP contribution in [0.3, 0.4) is 0 Å². The highest BCUT2D eigenvalue weighted by atomic mass is 32.2. The van der Waals surface area contributed by atoms with Crippen LogP contribution in [0.1, 0.15) is 44.6 Å². The van der Waals surface area contributed by atoms with Crippen molar-refractivity contribution in [3.63, 3.8) is 0 Å². The average molecular weight is 449 g/mol. The number of ether oxygens (including phenoxy) is 1. The molecule has 0 spiro atoms. The molecule has 0 amide bonds. The number of nitrogens with zero attached hydrogens (tertiary/aromatic N) is 1. The van der Waals surface area contributed by atoms with Crippen molar-refractivity contribution in [2.24, 2.45) is 11.8 Å². The zero-order valence-corrected chi connectivity index (χ0v) is 18.3. The molecule has 2 aliphatic rings. The standard InChI is InChI=1S/C21H31F3N2O3S/c1-3-12-29-20(16-13-25-14-16)15-4-8-18(9-5-15)26(2)30(27,28)19-10-6-17(7-11-19)21(22,23)24/h6-7,10-11,15-16,18,20,25H,3-5,8-9,12-14H2,1-2H3. The maximum atomic E-state index is 12.9. The molecule has 1 aliphatic carbocycles. The van der Waals surface area contributed by atoms with Gasteiger partial charge in [0.15, 0.2) is 0 Å². The molecular formula is C21H31F3N2O3S. The lowest BCUT2D eigenvalue weighted by Gasteiger charge is -2.42. The number of alkyl halides is 3. The quantitative estimate of drug-likeness (QED) is 0.655. The fraction of sp³-hybridized carbons (Fsp3) is 0.714. The lowest BCUT2D eigenvalue weighted by atomic mass is 9.77. The van der Waals surface area contributed by atoms with E-state index in [2.05, 4.69) is 12.2 Å². The van der Waals surface area contributed by atoms with Gasteiger partial charge in [-0.3, -0.25) is 0 Å². The molecule has 2 fully saturated rings. The van der Waals surface area contributed by atoms with Gasteiger partial charge < -0.3 is 10.1 Å². The lowest BCUT2D eigenvalue weighted by Crippen LogP contribution is -2.53. The highest BCUT2D eigenvalue weighted by Crippen LogP contribution is 2.36. The first-order chi connectivity index (χ1) is 14.1. The van der Waals surface area contributed by atoms with E-state index in [1.54, 1.807) is 0 Å². The normalized spacial score (nSPS) is 24.6. The minimum atomic E-state index is -4.49. The van der Waals surface area contributed by atoms with Crippen LogP contribution in [-0.4, -0.2) is 51.6 Å². The molecular weight excluding hydrogens is 417 g/mol. The van der Waals surface area contributed by atoms with Gasteiger partial charge in [0.2, 0.25) is 10.0 Å². The Hall–Kier alpha value is -1.16. The number of sulfonamides is 1. The molecule has 3 rings (SSSR count). The van der Waals surface area contributed by atoms with Crippen molar-refractivity contribution in [3.8, 4) is 0 Å². The van der Waals surface area contributed by atoms with E-state index >= 15 is 0 Å². The predicted octanol–water partition coefficient (Wildman–Crippen LogP) is 3.90. The lowest BCUT2D eigenvalue weighted by molar-refractivity contribution is -0.137. The predicted molar refractivity (Wildman–Crippen MR) is 109 cm³/mol. The van der Waals surface area contributed by atoms with Crippen molar-refractivity contribution >= 4 is 10.0 Å². The molecule has 1 saturated heterocycles. The molecule has 1 N–H and O–H groups in total. The van der Waals surface area contributed by atoms with Gasteiger partial charge in [0.05, 0.1) is 16.6 Å². The molecule has 1 unspecified atom stereocenters. The Bertz CT molecular complexity index is 787. The van der Waals surface area contributed by atoms with Gasteiger partial charge in [0, 0.05) is 38.7 Å². The second-order valence-electron chi connectivity index (χ2n) is 8.37. The van der Waals surface area contributed by atoms with Crippen LogP contribution in [0.15, 0.2) is 29.2 Å². The fourth-order valence-corrected chi connectivity index (χ4v) is 5.84. The molecule has 5 nitrogen and oxygen atoms in total. The summed E-state index contributed by atoms with van der Waals surface area (Å²) in [6.07, 6.45) is -0.0616. The van der Waals surface area contributed by atoms with Crippen LogP contribution >= 0.6 is 0 Å². The SMILES string of the molecule is CCCOC(C1CCC(N(C)S(=O)(=O)c2ccc(C(F)(F)F)cc2)CC1)C1CNC1. The summed E-state index contributed by atoms with van der Waals surface area (Å²) in [6.45, 7) is 4.77. The van der Waals surface area contributed by atoms with Crippen LogP contribution in [-0.2, 0) is 20.9 Å². The van der Waals surface area contributed by atoms with Gasteiger partial charge in [0.1, 0.15) is 0 Å². The van der Waals surface area contributed by atoms with E-state index in [4.69, 9.17) is 4.74 Å². The Morgan fingerprint density at radius 3 is 2.17 bits per heavy atom. The average Bonchev–Trinajstić information content (AvgIpc) is 2.68. The zero-order chi connectivity index (χ0) is 21.9. The summed E-state index contributed by atoms with van der Waals surface area (Å²) in [7, 11) is -2.31. The minimum absolute atomic E-state index is 0.107. The first kappa shape index (κ1) is 23.5. The smallest absolute Gasteiger partial charge is 0.378 e. The molecule has 0 radical (unpaired) electrons. The van der Waals surface area contributed by atoms with Crippen LogP contribution < -0.4 is 5.32 Å². The van der Waals surface area contributed by atoms with Gasteiger partial charge in [-0.1, -0.05) is 6.92 Å². The van der Waals surface area contributed by atoms with E-state index in [1.807, 2.05) is 0 Å². The minimum Gasteiger partial charge on any atom is -0.378 e. The largest absolute Gasteiger partial charge is 0.416 e. The van der Waals surface area contributed by atoms with E-state index in [0.29, 0.717) is 11.8 Å². The van der Waals surface area contributed by atoms with Crippen molar-refractivity contribution in [3.05, 3.63) is 29.8 Å². The van der Waals surface area contributed by atoms with Crippen LogP contribution in [0, 0.1) is 11.8 Å². The van der Waals surface area contributed by atoms with Crippen LogP contribution in [0.25, 0.3) is 0 Å². The van der Waals surface area contributed by atoms with Gasteiger partial charge in [-0.2, -0.15) is 17.5 Å². The Kier molecular flexibility index (Phi) is 7.48. The van der Waals surface area contributed by atoms with E-state index in [1.165, 1.54) is 11.4 Å². The van der Waals surface area contributed by atoms with E-state index in [9.17, 15) is 21.6 Å². The van der Waals surface area contributed by atoms with Crippen LogP contribution in [0.4, 0.5) is 13.2 Å². The molecule has 1 heterocycles. The Morgan fingerprint density at radius 2 is 1.70 bits per heavy atom. The molecule has 9 heteroatoms. The molecule has 1 atom stereocenters. The number of rotatable bonds is 8. The van der Waals surface area contributed by atoms with Crippen molar-refractivity contribution in [1.29, 1.82) is 0 Å². The number of benzene rings is 1. The van der Waals surface area contributed by atoms with Crippen molar-refractivity contribution in [2.75, 3.05) is 26.7 Å². The van der Waals surface area contributed by atoms with Gasteiger partial charge in [-0.05, 0) is 62.3 Å². The third-order valence-corrected chi connectivity index (χ3v) is 8.30. The Labute approximate surface area is 177 Å². The van der Waals surface area contributed by atoms with Crippen molar-refractivity contribution < 1.29 is 26.3 Å². The number of nitrogens with one attached hydrogen (secondary N) is 1. The maximum Gasteiger partial charge on any atom is 0.416 e. The van der Waals surface area contributed by atoms with Crippen LogP contribution in [0.2, 0.25) is 0 Å². The first-order valence-electron chi connectivity index (χ1n) is 10.6. The molecule has 30 heavy (non-hydrogen) atoms. The van der Waals surface area contributed by atoms with Crippen molar-refractivity contribution in [1.82, 2.24) is 9.62 Å². The summed E-state index contributed by atoms with van der Waals surface area (Å²) in [5, 5.41) is 3.30. The van der Waals surface area contributed by atoms with Crippen molar-refractivity contribution in [2.45, 2.75) is 62.2 Å². The Balaban J connectivity index is 1.62. The van der Waals surface area contributed by atoms with E-state index in [-0.39, 0.29) is 17.0 Å². The molecule has 0 bridgehead atoms. The summed E-state index contributed by atoms with van der Waals surface area (Å²) in [4.78, 5) is -0.107. The summed E-state index contributed by atoms with van der Waals surface area (Å²) in [5.41, 5.74) is -0.854. The summed E-state index contributed by atoms with van der Waals surface area (Å²) >= 11 is 0. The number of hydrogen-bond acceptors (Lipinski definition) is 4. The van der Waals surface area contributed by atoms with Gasteiger partial charge in [-0.15, -0.1) is 0 Å². The highest BCUT2D eigenvalue weighted by molar-refractivity contribution is 7.89. The van der Waals surface area contributed by atoms with Gasteiger partial charge >= 0.3 is 6.18 Å². The number of halogens is 3. The molecule has 1 saturated carbocycles. The van der Waals surface area contributed by atoms with E-state index in [0.717, 1.165) is 76.1 Å². The molecule has 1 aromatic rings. The summed E-state index contributed by atoms with van der Waals surface area (Å²) in [6, 6.07) is 3.57. The zero-order valence-electron chi connectivity index (χ0n) is 17.5. The van der Waals surface area contributed by atoms with Gasteiger partial charge in [-0.25, -0.2) is 8.42 Å². The molecule has 1 aromatic carbocycles. The maximum absolute atomic E-state index is 12.9. The molecule has 0 aromatic heterocycles. The molecule has 1 aliphatic heterocycles. The summed E-state index contributed by atoms with van der Waals surface area (Å²) in [5.74, 6) is 0.939. The Morgan fingerprint density at radius 1 is 1.10 bits per heavy atom. The van der Waals surface area contributed by atoms with E-state index < -0.39 is 21.8 Å². The highest BCUT2D eigenvalue weighted by Gasteiger charge is 2.39. The van der Waals surface area contributed by atoms with Gasteiger partial charge in [0.25, 0.3) is 0 Å². The first-order valence-corrected chi connectivity index (χ1v) is 12.1. The fourth-order valence-electron chi connectivity index (χ4n) is 4.43.